The van der Waals surface area contributed by atoms with E-state index in [1.54, 1.807) is 11.0 Å². The number of nitrogens with zero attached hydrogens (tertiary/aromatic N) is 1. The zero-order chi connectivity index (χ0) is 18.6. The Bertz CT molecular complexity index is 830. The highest BCUT2D eigenvalue weighted by Gasteiger charge is 2.28. The molecular formula is C21H26ClN3O3. The molecule has 0 saturated carbocycles. The first-order valence-corrected chi connectivity index (χ1v) is 9.66. The molecule has 7 heteroatoms. The minimum Gasteiger partial charge on any atom is -0.459 e. The van der Waals surface area contributed by atoms with Gasteiger partial charge < -0.3 is 20.0 Å². The number of carbonyl (C=O) groups is 2. The quantitative estimate of drug-likeness (QED) is 0.777. The Balaban J connectivity index is 0.00000225. The zero-order valence-electron chi connectivity index (χ0n) is 15.8. The molecule has 6 nitrogen and oxygen atoms in total. The van der Waals surface area contributed by atoms with Crippen LogP contribution in [-0.4, -0.2) is 31.4 Å². The molecule has 1 saturated heterocycles. The second-order valence-corrected chi connectivity index (χ2v) is 7.32. The number of halogens is 1. The number of para-hydroxylation sites is 1. The third-order valence-electron chi connectivity index (χ3n) is 5.44. The molecule has 4 rings (SSSR count). The first kappa shape index (κ1) is 20.4. The number of hydrogen-bond acceptors (Lipinski definition) is 4. The van der Waals surface area contributed by atoms with Crippen LogP contribution in [0.1, 0.15) is 40.9 Å². The minimum absolute atomic E-state index is 0. The van der Waals surface area contributed by atoms with E-state index < -0.39 is 0 Å². The van der Waals surface area contributed by atoms with Crippen molar-refractivity contribution in [3.8, 4) is 0 Å². The second-order valence-electron chi connectivity index (χ2n) is 7.32. The molecule has 1 atom stereocenters. The molecule has 1 aromatic carbocycles. The van der Waals surface area contributed by atoms with E-state index in [1.165, 1.54) is 19.1 Å². The highest BCUT2D eigenvalue weighted by Crippen LogP contribution is 2.30. The summed E-state index contributed by atoms with van der Waals surface area (Å²) in [5.41, 5.74) is 2.68. The molecule has 150 valence electrons. The summed E-state index contributed by atoms with van der Waals surface area (Å²) >= 11 is 0. The van der Waals surface area contributed by atoms with Crippen molar-refractivity contribution in [2.75, 3.05) is 24.5 Å². The van der Waals surface area contributed by atoms with Gasteiger partial charge in [0.2, 0.25) is 5.91 Å². The Morgan fingerprint density at radius 2 is 2.14 bits per heavy atom. The fraction of sp³-hybridized carbons (Fsp3) is 0.429. The molecule has 1 unspecified atom stereocenters. The van der Waals surface area contributed by atoms with Crippen molar-refractivity contribution >= 4 is 29.9 Å². The van der Waals surface area contributed by atoms with E-state index in [0.29, 0.717) is 31.2 Å². The van der Waals surface area contributed by atoms with E-state index in [1.807, 2.05) is 24.3 Å². The minimum atomic E-state index is -0.210. The van der Waals surface area contributed by atoms with Gasteiger partial charge in [0.25, 0.3) is 5.91 Å². The molecule has 1 aromatic heterocycles. The van der Waals surface area contributed by atoms with E-state index in [4.69, 9.17) is 4.42 Å². The van der Waals surface area contributed by atoms with E-state index in [2.05, 4.69) is 10.6 Å². The number of nitrogens with one attached hydrogen (secondary N) is 2. The van der Waals surface area contributed by atoms with Crippen molar-refractivity contribution in [3.05, 3.63) is 53.5 Å². The Hall–Kier alpha value is -2.31. The van der Waals surface area contributed by atoms with Crippen LogP contribution in [0.5, 0.6) is 0 Å². The molecule has 2 N–H and O–H groups in total. The highest BCUT2D eigenvalue weighted by atomic mass is 35.5. The summed E-state index contributed by atoms with van der Waals surface area (Å²) in [6, 6.07) is 9.55. The Morgan fingerprint density at radius 3 is 2.96 bits per heavy atom. The van der Waals surface area contributed by atoms with Crippen LogP contribution in [-0.2, 0) is 17.8 Å². The molecule has 0 spiro atoms. The van der Waals surface area contributed by atoms with Gasteiger partial charge in [-0.25, -0.2) is 0 Å². The average Bonchev–Trinajstić information content (AvgIpc) is 3.28. The maximum atomic E-state index is 12.5. The first-order chi connectivity index (χ1) is 13.2. The molecule has 2 aliphatic heterocycles. The summed E-state index contributed by atoms with van der Waals surface area (Å²) in [7, 11) is 0. The molecule has 0 radical (unpaired) electrons. The van der Waals surface area contributed by atoms with E-state index in [0.717, 1.165) is 36.3 Å². The summed E-state index contributed by atoms with van der Waals surface area (Å²) in [5.74, 6) is 0.759. The lowest BCUT2D eigenvalue weighted by Gasteiger charge is -2.22. The molecule has 1 fully saturated rings. The molecule has 2 aromatic rings. The number of benzene rings is 1. The molecule has 0 bridgehead atoms. The lowest BCUT2D eigenvalue weighted by Crippen LogP contribution is -2.33. The van der Waals surface area contributed by atoms with Crippen LogP contribution in [0.25, 0.3) is 0 Å². The maximum absolute atomic E-state index is 12.5. The molecule has 0 aliphatic carbocycles. The van der Waals surface area contributed by atoms with Crippen LogP contribution in [0.3, 0.4) is 0 Å². The van der Waals surface area contributed by atoms with Crippen molar-refractivity contribution in [1.82, 2.24) is 10.6 Å². The SMILES string of the molecule is Cl.O=C(NCCC1CCCNC1)c1occc1CN1C(=O)Cc2ccccc21. The monoisotopic (exact) mass is 403 g/mol. The van der Waals surface area contributed by atoms with Crippen LogP contribution in [0.2, 0.25) is 0 Å². The fourth-order valence-corrected chi connectivity index (χ4v) is 3.96. The van der Waals surface area contributed by atoms with Gasteiger partial charge in [-0.1, -0.05) is 18.2 Å². The van der Waals surface area contributed by atoms with E-state index in [-0.39, 0.29) is 24.2 Å². The summed E-state index contributed by atoms with van der Waals surface area (Å²) < 4.78 is 5.44. The normalized spacial score (nSPS) is 18.5. The highest BCUT2D eigenvalue weighted by molar-refractivity contribution is 6.01. The Kier molecular flexibility index (Phi) is 6.75. The van der Waals surface area contributed by atoms with Crippen molar-refractivity contribution in [1.29, 1.82) is 0 Å². The number of furan rings is 1. The molecular weight excluding hydrogens is 378 g/mol. The van der Waals surface area contributed by atoms with Crippen LogP contribution in [0.15, 0.2) is 41.0 Å². The lowest BCUT2D eigenvalue weighted by atomic mass is 9.96. The third kappa shape index (κ3) is 4.39. The zero-order valence-corrected chi connectivity index (χ0v) is 16.6. The van der Waals surface area contributed by atoms with Gasteiger partial charge in [-0.2, -0.15) is 0 Å². The third-order valence-corrected chi connectivity index (χ3v) is 5.44. The summed E-state index contributed by atoms with van der Waals surface area (Å²) in [5, 5.41) is 6.36. The van der Waals surface area contributed by atoms with Gasteiger partial charge in [-0.3, -0.25) is 9.59 Å². The van der Waals surface area contributed by atoms with Crippen molar-refractivity contribution in [2.45, 2.75) is 32.2 Å². The van der Waals surface area contributed by atoms with Crippen molar-refractivity contribution in [3.63, 3.8) is 0 Å². The van der Waals surface area contributed by atoms with Crippen LogP contribution >= 0.6 is 12.4 Å². The number of anilines is 1. The Morgan fingerprint density at radius 1 is 1.29 bits per heavy atom. The van der Waals surface area contributed by atoms with Crippen molar-refractivity contribution < 1.29 is 14.0 Å². The van der Waals surface area contributed by atoms with Crippen LogP contribution in [0, 0.1) is 5.92 Å². The van der Waals surface area contributed by atoms with Gasteiger partial charge in [0.05, 0.1) is 19.2 Å². The largest absolute Gasteiger partial charge is 0.459 e. The van der Waals surface area contributed by atoms with Gasteiger partial charge in [0.1, 0.15) is 0 Å². The summed E-state index contributed by atoms with van der Waals surface area (Å²) in [6.07, 6.45) is 5.30. The van der Waals surface area contributed by atoms with Gasteiger partial charge in [-0.15, -0.1) is 12.4 Å². The van der Waals surface area contributed by atoms with Gasteiger partial charge in [0, 0.05) is 17.8 Å². The number of piperidine rings is 1. The second kappa shape index (κ2) is 9.26. The predicted octanol–water partition coefficient (Wildman–Crippen LogP) is 2.91. The number of carbonyl (C=O) groups excluding carboxylic acids is 2. The molecule has 28 heavy (non-hydrogen) atoms. The number of amides is 2. The summed E-state index contributed by atoms with van der Waals surface area (Å²) in [6.45, 7) is 3.10. The predicted molar refractivity (Wildman–Crippen MR) is 110 cm³/mol. The van der Waals surface area contributed by atoms with E-state index in [9.17, 15) is 9.59 Å². The van der Waals surface area contributed by atoms with Crippen molar-refractivity contribution in [2.24, 2.45) is 5.92 Å². The van der Waals surface area contributed by atoms with Gasteiger partial charge in [-0.05, 0) is 56.0 Å². The lowest BCUT2D eigenvalue weighted by molar-refractivity contribution is -0.117. The molecule has 2 amide bonds. The van der Waals surface area contributed by atoms with Gasteiger partial charge >= 0.3 is 0 Å². The summed E-state index contributed by atoms with van der Waals surface area (Å²) in [4.78, 5) is 26.6. The van der Waals surface area contributed by atoms with Crippen LogP contribution < -0.4 is 15.5 Å². The Labute approximate surface area is 171 Å². The smallest absolute Gasteiger partial charge is 0.287 e. The average molecular weight is 404 g/mol. The number of hydrogen-bond donors (Lipinski definition) is 2. The van der Waals surface area contributed by atoms with Crippen LogP contribution in [0.4, 0.5) is 5.69 Å². The molecule has 2 aliphatic rings. The standard InChI is InChI=1S/C21H25N3O3.ClH/c25-19-12-16-5-1-2-6-18(16)24(19)14-17-8-11-27-20(17)21(26)23-10-7-15-4-3-9-22-13-15;/h1-2,5-6,8,11,15,22H,3-4,7,9-10,12-14H2,(H,23,26);1H. The maximum Gasteiger partial charge on any atom is 0.287 e. The number of rotatable bonds is 6. The molecule has 3 heterocycles. The first-order valence-electron chi connectivity index (χ1n) is 9.66. The number of fused-ring (bicyclic) bond motifs is 1. The van der Waals surface area contributed by atoms with E-state index >= 15 is 0 Å². The fourth-order valence-electron chi connectivity index (χ4n) is 3.96. The van der Waals surface area contributed by atoms with Gasteiger partial charge in [0.15, 0.2) is 5.76 Å². The topological polar surface area (TPSA) is 74.6 Å².